The number of piperazine rings is 1. The van der Waals surface area contributed by atoms with Gasteiger partial charge in [-0.05, 0) is 38.0 Å². The van der Waals surface area contributed by atoms with Crippen LogP contribution in [-0.2, 0) is 9.59 Å². The monoisotopic (exact) mass is 427 g/mol. The largest absolute Gasteiger partial charge is 0.481 e. The van der Waals surface area contributed by atoms with Crippen molar-refractivity contribution in [3.63, 3.8) is 0 Å². The smallest absolute Gasteiger partial charge is 0.260 e. The predicted octanol–water partition coefficient (Wildman–Crippen LogP) is 1.78. The first-order valence-electron chi connectivity index (χ1n) is 8.84. The maximum Gasteiger partial charge on any atom is 0.260 e. The third-order valence-corrected chi connectivity index (χ3v) is 5.26. The van der Waals surface area contributed by atoms with Gasteiger partial charge < -0.3 is 15.0 Å². The van der Waals surface area contributed by atoms with E-state index in [1.807, 2.05) is 6.92 Å². The number of amides is 2. The van der Waals surface area contributed by atoms with E-state index in [1.165, 1.54) is 12.1 Å². The summed E-state index contributed by atoms with van der Waals surface area (Å²) in [4.78, 5) is 28.2. The Bertz CT molecular complexity index is 676. The molecule has 2 fully saturated rings. The Morgan fingerprint density at radius 1 is 1.31 bits per heavy atom. The maximum atomic E-state index is 13.7. The Morgan fingerprint density at radius 2 is 2.00 bits per heavy atom. The minimum Gasteiger partial charge on any atom is -0.481 e. The fourth-order valence-electron chi connectivity index (χ4n) is 2.90. The molecule has 6 nitrogen and oxygen atoms in total. The van der Waals surface area contributed by atoms with Crippen molar-refractivity contribution in [1.29, 1.82) is 0 Å². The molecule has 26 heavy (non-hydrogen) atoms. The number of hydrogen-bond donors (Lipinski definition) is 1. The molecule has 1 aliphatic carbocycles. The SMILES string of the molecule is CC(C(=O)NC1CC1)N1CCN(C(=O)COc2ccc(Br)cc2F)CC1. The fourth-order valence-corrected chi connectivity index (χ4v) is 3.23. The maximum absolute atomic E-state index is 13.7. The van der Waals surface area contributed by atoms with E-state index in [4.69, 9.17) is 4.74 Å². The summed E-state index contributed by atoms with van der Waals surface area (Å²) in [6, 6.07) is 4.61. The number of hydrogen-bond acceptors (Lipinski definition) is 4. The van der Waals surface area contributed by atoms with Gasteiger partial charge in [-0.3, -0.25) is 14.5 Å². The molecule has 2 amide bonds. The number of carbonyl (C=O) groups is 2. The van der Waals surface area contributed by atoms with Crippen molar-refractivity contribution in [2.45, 2.75) is 31.8 Å². The van der Waals surface area contributed by atoms with E-state index in [0.29, 0.717) is 36.7 Å². The third-order valence-electron chi connectivity index (χ3n) is 4.76. The van der Waals surface area contributed by atoms with Crippen LogP contribution in [0.4, 0.5) is 4.39 Å². The van der Waals surface area contributed by atoms with Gasteiger partial charge in [0, 0.05) is 36.7 Å². The van der Waals surface area contributed by atoms with Gasteiger partial charge in [-0.15, -0.1) is 0 Å². The van der Waals surface area contributed by atoms with Crippen molar-refractivity contribution in [3.8, 4) is 5.75 Å². The van der Waals surface area contributed by atoms with Crippen molar-refractivity contribution in [3.05, 3.63) is 28.5 Å². The first-order valence-corrected chi connectivity index (χ1v) is 9.63. The highest BCUT2D eigenvalue weighted by Gasteiger charge is 2.30. The molecule has 3 rings (SSSR count). The second-order valence-corrected chi connectivity index (χ2v) is 7.65. The lowest BCUT2D eigenvalue weighted by atomic mass is 10.2. The number of halogens is 2. The molecule has 1 aromatic rings. The van der Waals surface area contributed by atoms with Crippen LogP contribution in [-0.4, -0.2) is 66.5 Å². The predicted molar refractivity (Wildman–Crippen MR) is 98.4 cm³/mol. The van der Waals surface area contributed by atoms with E-state index in [-0.39, 0.29) is 30.2 Å². The van der Waals surface area contributed by atoms with Gasteiger partial charge in [0.15, 0.2) is 18.2 Å². The van der Waals surface area contributed by atoms with Crippen molar-refractivity contribution in [2.75, 3.05) is 32.8 Å². The molecule has 0 radical (unpaired) electrons. The van der Waals surface area contributed by atoms with Crippen LogP contribution in [0.15, 0.2) is 22.7 Å². The first-order chi connectivity index (χ1) is 12.4. The van der Waals surface area contributed by atoms with Crippen molar-refractivity contribution >= 4 is 27.7 Å². The minimum absolute atomic E-state index is 0.0568. The molecule has 2 aliphatic rings. The molecule has 0 bridgehead atoms. The van der Waals surface area contributed by atoms with Gasteiger partial charge in [0.05, 0.1) is 6.04 Å². The molecule has 1 aliphatic heterocycles. The number of nitrogens with one attached hydrogen (secondary N) is 1. The lowest BCUT2D eigenvalue weighted by Gasteiger charge is -2.37. The first kappa shape index (κ1) is 19.1. The Morgan fingerprint density at radius 3 is 2.62 bits per heavy atom. The van der Waals surface area contributed by atoms with Crippen LogP contribution in [0.5, 0.6) is 5.75 Å². The molecular formula is C18H23BrFN3O3. The molecule has 142 valence electrons. The van der Waals surface area contributed by atoms with E-state index in [9.17, 15) is 14.0 Å². The van der Waals surface area contributed by atoms with E-state index in [1.54, 1.807) is 11.0 Å². The highest BCUT2D eigenvalue weighted by Crippen LogP contribution is 2.22. The van der Waals surface area contributed by atoms with Gasteiger partial charge in [0.1, 0.15) is 0 Å². The summed E-state index contributed by atoms with van der Waals surface area (Å²) in [5.74, 6) is -0.568. The number of rotatable bonds is 6. The van der Waals surface area contributed by atoms with Gasteiger partial charge in [-0.25, -0.2) is 4.39 Å². The molecule has 1 heterocycles. The molecular weight excluding hydrogens is 405 g/mol. The Labute approximate surface area is 160 Å². The van der Waals surface area contributed by atoms with Crippen LogP contribution >= 0.6 is 15.9 Å². The van der Waals surface area contributed by atoms with Crippen LogP contribution in [0.1, 0.15) is 19.8 Å². The van der Waals surface area contributed by atoms with E-state index in [2.05, 4.69) is 26.1 Å². The lowest BCUT2D eigenvalue weighted by Crippen LogP contribution is -2.55. The molecule has 1 atom stereocenters. The number of nitrogens with zero attached hydrogens (tertiary/aromatic N) is 2. The third kappa shape index (κ3) is 4.94. The summed E-state index contributed by atoms with van der Waals surface area (Å²) in [6.07, 6.45) is 2.14. The second kappa shape index (κ2) is 8.35. The highest BCUT2D eigenvalue weighted by atomic mass is 79.9. The summed E-state index contributed by atoms with van der Waals surface area (Å²) in [7, 11) is 0. The second-order valence-electron chi connectivity index (χ2n) is 6.74. The van der Waals surface area contributed by atoms with Crippen LogP contribution in [0.2, 0.25) is 0 Å². The Kier molecular flexibility index (Phi) is 6.13. The summed E-state index contributed by atoms with van der Waals surface area (Å²) in [5.41, 5.74) is 0. The number of benzene rings is 1. The molecule has 1 saturated heterocycles. The molecule has 0 aromatic heterocycles. The standard InChI is InChI=1S/C18H23BrFN3O3/c1-12(18(25)21-14-3-4-14)22-6-8-23(9-7-22)17(24)11-26-16-5-2-13(19)10-15(16)20/h2,5,10,12,14H,3-4,6-9,11H2,1H3,(H,21,25). The molecule has 1 N–H and O–H groups in total. The van der Waals surface area contributed by atoms with Crippen LogP contribution in [0, 0.1) is 5.82 Å². The van der Waals surface area contributed by atoms with E-state index in [0.717, 1.165) is 12.8 Å². The summed E-state index contributed by atoms with van der Waals surface area (Å²) >= 11 is 3.18. The van der Waals surface area contributed by atoms with Gasteiger partial charge in [0.2, 0.25) is 5.91 Å². The fraction of sp³-hybridized carbons (Fsp3) is 0.556. The van der Waals surface area contributed by atoms with Gasteiger partial charge in [-0.1, -0.05) is 15.9 Å². The topological polar surface area (TPSA) is 61.9 Å². The van der Waals surface area contributed by atoms with Crippen LogP contribution in [0.3, 0.4) is 0 Å². The molecule has 1 aromatic carbocycles. The van der Waals surface area contributed by atoms with Crippen molar-refractivity contribution in [2.24, 2.45) is 0 Å². The molecule has 1 unspecified atom stereocenters. The zero-order valence-electron chi connectivity index (χ0n) is 14.7. The zero-order chi connectivity index (χ0) is 18.7. The Hall–Kier alpha value is -1.67. The minimum atomic E-state index is -0.507. The summed E-state index contributed by atoms with van der Waals surface area (Å²) in [5, 5.41) is 3.01. The zero-order valence-corrected chi connectivity index (χ0v) is 16.3. The molecule has 0 spiro atoms. The Balaban J connectivity index is 1.43. The molecule has 1 saturated carbocycles. The van der Waals surface area contributed by atoms with Gasteiger partial charge >= 0.3 is 0 Å². The van der Waals surface area contributed by atoms with Crippen molar-refractivity contribution < 1.29 is 18.7 Å². The number of ether oxygens (including phenoxy) is 1. The average Bonchev–Trinajstić information content (AvgIpc) is 3.44. The van der Waals surface area contributed by atoms with Crippen molar-refractivity contribution in [1.82, 2.24) is 15.1 Å². The molecule has 8 heteroatoms. The van der Waals surface area contributed by atoms with Gasteiger partial charge in [-0.2, -0.15) is 0 Å². The number of carbonyl (C=O) groups excluding carboxylic acids is 2. The average molecular weight is 428 g/mol. The van der Waals surface area contributed by atoms with Gasteiger partial charge in [0.25, 0.3) is 5.91 Å². The summed E-state index contributed by atoms with van der Waals surface area (Å²) in [6.45, 7) is 4.04. The highest BCUT2D eigenvalue weighted by molar-refractivity contribution is 9.10. The summed E-state index contributed by atoms with van der Waals surface area (Å²) < 4.78 is 19.6. The van der Waals surface area contributed by atoms with Crippen LogP contribution < -0.4 is 10.1 Å². The van der Waals surface area contributed by atoms with E-state index < -0.39 is 5.82 Å². The normalized spacial score (nSPS) is 19.1. The lowest BCUT2D eigenvalue weighted by molar-refractivity contribution is -0.136. The van der Waals surface area contributed by atoms with E-state index >= 15 is 0 Å². The van der Waals surface area contributed by atoms with Crippen LogP contribution in [0.25, 0.3) is 0 Å². The quantitative estimate of drug-likeness (QED) is 0.751.